The van der Waals surface area contributed by atoms with E-state index in [4.69, 9.17) is 16.3 Å². The minimum absolute atomic E-state index is 0.0193. The summed E-state index contributed by atoms with van der Waals surface area (Å²) in [4.78, 5) is 38.2. The third-order valence-electron chi connectivity index (χ3n) is 4.25. The first-order valence-electron chi connectivity index (χ1n) is 9.43. The van der Waals surface area contributed by atoms with E-state index in [0.29, 0.717) is 29.2 Å². The van der Waals surface area contributed by atoms with Crippen LogP contribution in [0.15, 0.2) is 48.5 Å². The number of ether oxygens (including phenoxy) is 1. The number of hydrogen-bond acceptors (Lipinski definition) is 4. The summed E-state index contributed by atoms with van der Waals surface area (Å²) < 4.78 is 5.09. The van der Waals surface area contributed by atoms with E-state index in [1.54, 1.807) is 30.3 Å². The molecule has 0 fully saturated rings. The SMILES string of the molecule is CCCN(CC(=O)Nc1ccccc1C)C(=O)COC(=O)Cc1ccccc1Cl. The highest BCUT2D eigenvalue weighted by Gasteiger charge is 2.19. The lowest BCUT2D eigenvalue weighted by Crippen LogP contribution is -2.41. The van der Waals surface area contributed by atoms with Crippen molar-refractivity contribution in [3.63, 3.8) is 0 Å². The van der Waals surface area contributed by atoms with Gasteiger partial charge in [-0.05, 0) is 36.6 Å². The summed E-state index contributed by atoms with van der Waals surface area (Å²) in [6, 6.07) is 14.4. The molecule has 0 atom stereocenters. The van der Waals surface area contributed by atoms with Crippen molar-refractivity contribution in [1.82, 2.24) is 4.90 Å². The largest absolute Gasteiger partial charge is 0.455 e. The molecule has 2 aromatic rings. The van der Waals surface area contributed by atoms with Gasteiger partial charge >= 0.3 is 5.97 Å². The van der Waals surface area contributed by atoms with Gasteiger partial charge in [-0.15, -0.1) is 0 Å². The number of nitrogens with one attached hydrogen (secondary N) is 1. The molecule has 0 heterocycles. The van der Waals surface area contributed by atoms with Gasteiger partial charge in [0.05, 0.1) is 13.0 Å². The number of hydrogen-bond donors (Lipinski definition) is 1. The zero-order valence-corrected chi connectivity index (χ0v) is 17.4. The number of anilines is 1. The maximum Gasteiger partial charge on any atom is 0.310 e. The molecule has 0 saturated carbocycles. The number of aryl methyl sites for hydroxylation is 1. The Balaban J connectivity index is 1.88. The van der Waals surface area contributed by atoms with E-state index in [0.717, 1.165) is 5.56 Å². The highest BCUT2D eigenvalue weighted by Crippen LogP contribution is 2.16. The number of carbonyl (C=O) groups is 3. The van der Waals surface area contributed by atoms with Crippen molar-refractivity contribution in [3.8, 4) is 0 Å². The van der Waals surface area contributed by atoms with Crippen molar-refractivity contribution in [1.29, 1.82) is 0 Å². The monoisotopic (exact) mass is 416 g/mol. The summed E-state index contributed by atoms with van der Waals surface area (Å²) in [5.41, 5.74) is 2.27. The van der Waals surface area contributed by atoms with Crippen LogP contribution in [-0.2, 0) is 25.5 Å². The van der Waals surface area contributed by atoms with E-state index in [1.807, 2.05) is 32.0 Å². The van der Waals surface area contributed by atoms with Crippen molar-refractivity contribution < 1.29 is 19.1 Å². The number of nitrogens with zero attached hydrogens (tertiary/aromatic N) is 1. The van der Waals surface area contributed by atoms with E-state index in [-0.39, 0.29) is 18.9 Å². The zero-order valence-electron chi connectivity index (χ0n) is 16.6. The molecule has 154 valence electrons. The molecule has 0 spiro atoms. The minimum atomic E-state index is -0.549. The van der Waals surface area contributed by atoms with E-state index < -0.39 is 18.5 Å². The number of benzene rings is 2. The molecule has 2 aromatic carbocycles. The molecule has 6 nitrogen and oxygen atoms in total. The number of carbonyl (C=O) groups excluding carboxylic acids is 3. The van der Waals surface area contributed by atoms with Crippen molar-refractivity contribution in [2.75, 3.05) is 25.0 Å². The Morgan fingerprint density at radius 1 is 1.07 bits per heavy atom. The fourth-order valence-corrected chi connectivity index (χ4v) is 2.92. The molecule has 2 rings (SSSR count). The van der Waals surface area contributed by atoms with Gasteiger partial charge in [-0.2, -0.15) is 0 Å². The van der Waals surface area contributed by atoms with Crippen LogP contribution in [0, 0.1) is 6.92 Å². The third kappa shape index (κ3) is 7.23. The van der Waals surface area contributed by atoms with Crippen LogP contribution in [-0.4, -0.2) is 42.4 Å². The summed E-state index contributed by atoms with van der Waals surface area (Å²) >= 11 is 6.03. The van der Waals surface area contributed by atoms with Gasteiger partial charge in [-0.25, -0.2) is 0 Å². The first-order chi connectivity index (χ1) is 13.9. The minimum Gasteiger partial charge on any atom is -0.455 e. The van der Waals surface area contributed by atoms with Gasteiger partial charge in [0, 0.05) is 17.3 Å². The van der Waals surface area contributed by atoms with Crippen molar-refractivity contribution in [2.45, 2.75) is 26.7 Å². The van der Waals surface area contributed by atoms with E-state index in [1.165, 1.54) is 4.90 Å². The van der Waals surface area contributed by atoms with Crippen LogP contribution in [0.4, 0.5) is 5.69 Å². The van der Waals surface area contributed by atoms with Crippen LogP contribution < -0.4 is 5.32 Å². The summed E-state index contributed by atoms with van der Waals surface area (Å²) in [6.45, 7) is 3.66. The second kappa shape index (κ2) is 11.2. The Labute approximate surface area is 175 Å². The number of halogens is 1. The standard InChI is InChI=1S/C22H25ClN2O4/c1-3-12-25(14-20(26)24-19-11-7-4-8-16(19)2)21(27)15-29-22(28)13-17-9-5-6-10-18(17)23/h4-11H,3,12-15H2,1-2H3,(H,24,26). The Hall–Kier alpha value is -2.86. The fourth-order valence-electron chi connectivity index (χ4n) is 2.72. The second-order valence-electron chi connectivity index (χ2n) is 6.61. The van der Waals surface area contributed by atoms with Gasteiger partial charge in [0.15, 0.2) is 6.61 Å². The predicted molar refractivity (Wildman–Crippen MR) is 113 cm³/mol. The van der Waals surface area contributed by atoms with Crippen LogP contribution in [0.3, 0.4) is 0 Å². The molecule has 1 N–H and O–H groups in total. The smallest absolute Gasteiger partial charge is 0.310 e. The van der Waals surface area contributed by atoms with Crippen LogP contribution in [0.25, 0.3) is 0 Å². The quantitative estimate of drug-likeness (QED) is 0.633. The lowest BCUT2D eigenvalue weighted by Gasteiger charge is -2.21. The first-order valence-corrected chi connectivity index (χ1v) is 9.80. The summed E-state index contributed by atoms with van der Waals surface area (Å²) in [6.07, 6.45) is 0.658. The van der Waals surface area contributed by atoms with Gasteiger partial charge in [-0.1, -0.05) is 54.9 Å². The molecule has 0 bridgehead atoms. The zero-order chi connectivity index (χ0) is 21.2. The van der Waals surface area contributed by atoms with Crippen molar-refractivity contribution >= 4 is 35.1 Å². The molecule has 2 amide bonds. The molecular weight excluding hydrogens is 392 g/mol. The van der Waals surface area contributed by atoms with Crippen LogP contribution in [0.2, 0.25) is 5.02 Å². The predicted octanol–water partition coefficient (Wildman–Crippen LogP) is 3.61. The van der Waals surface area contributed by atoms with Crippen molar-refractivity contribution in [2.24, 2.45) is 0 Å². The van der Waals surface area contributed by atoms with Gasteiger partial charge in [0.1, 0.15) is 0 Å². The second-order valence-corrected chi connectivity index (χ2v) is 7.01. The average molecular weight is 417 g/mol. The van der Waals surface area contributed by atoms with Crippen LogP contribution >= 0.6 is 11.6 Å². The highest BCUT2D eigenvalue weighted by molar-refractivity contribution is 6.31. The molecule has 0 aliphatic rings. The fraction of sp³-hybridized carbons (Fsp3) is 0.318. The van der Waals surface area contributed by atoms with E-state index in [2.05, 4.69) is 5.32 Å². The summed E-state index contributed by atoms with van der Waals surface area (Å²) in [5, 5.41) is 3.27. The first kappa shape index (κ1) is 22.4. The number of para-hydroxylation sites is 1. The van der Waals surface area contributed by atoms with Gasteiger partial charge in [-0.3, -0.25) is 14.4 Å². The summed E-state index contributed by atoms with van der Waals surface area (Å²) in [7, 11) is 0. The normalized spacial score (nSPS) is 10.3. The number of amides is 2. The molecule has 0 aliphatic heterocycles. The maximum atomic E-state index is 12.5. The van der Waals surface area contributed by atoms with E-state index in [9.17, 15) is 14.4 Å². The lowest BCUT2D eigenvalue weighted by atomic mass is 10.1. The number of rotatable bonds is 9. The van der Waals surface area contributed by atoms with E-state index >= 15 is 0 Å². The van der Waals surface area contributed by atoms with Crippen LogP contribution in [0.1, 0.15) is 24.5 Å². The van der Waals surface area contributed by atoms with Gasteiger partial charge in [0.2, 0.25) is 5.91 Å². The molecule has 0 unspecified atom stereocenters. The molecule has 0 saturated heterocycles. The Bertz CT molecular complexity index is 869. The summed E-state index contributed by atoms with van der Waals surface area (Å²) in [5.74, 6) is -1.27. The molecule has 0 radical (unpaired) electrons. The molecule has 0 aromatic heterocycles. The maximum absolute atomic E-state index is 12.5. The number of esters is 1. The van der Waals surface area contributed by atoms with Crippen molar-refractivity contribution in [3.05, 3.63) is 64.7 Å². The Morgan fingerprint density at radius 2 is 1.76 bits per heavy atom. The average Bonchev–Trinajstić information content (AvgIpc) is 2.69. The molecule has 7 heteroatoms. The van der Waals surface area contributed by atoms with Crippen LogP contribution in [0.5, 0.6) is 0 Å². The lowest BCUT2D eigenvalue weighted by molar-refractivity contribution is -0.151. The Morgan fingerprint density at radius 3 is 2.45 bits per heavy atom. The third-order valence-corrected chi connectivity index (χ3v) is 4.62. The van der Waals surface area contributed by atoms with Gasteiger partial charge in [0.25, 0.3) is 5.91 Å². The Kier molecular flexibility index (Phi) is 8.68. The molecule has 0 aliphatic carbocycles. The highest BCUT2D eigenvalue weighted by atomic mass is 35.5. The van der Waals surface area contributed by atoms with Gasteiger partial charge < -0.3 is 15.0 Å². The topological polar surface area (TPSA) is 75.7 Å². The molecular formula is C22H25ClN2O4. The molecule has 29 heavy (non-hydrogen) atoms.